The number of hydrogen-bond donors (Lipinski definition) is 1. The number of aromatic amines is 1. The smallest absolute Gasteiger partial charge is 0.260 e. The van der Waals surface area contributed by atoms with Crippen molar-refractivity contribution in [2.45, 2.75) is 45.6 Å². The summed E-state index contributed by atoms with van der Waals surface area (Å²) < 4.78 is 27.4. The first-order valence-corrected chi connectivity index (χ1v) is 9.11. The average Bonchev–Trinajstić information content (AvgIpc) is 2.53. The maximum atomic E-state index is 13.7. The zero-order valence-corrected chi connectivity index (χ0v) is 15.3. The Morgan fingerprint density at radius 3 is 2.81 bits per heavy atom. The molecule has 1 N–H and O–H groups in total. The molecule has 0 bridgehead atoms. The molecule has 140 valence electrons. The number of halogens is 2. The first-order valence-electron chi connectivity index (χ1n) is 9.11. The summed E-state index contributed by atoms with van der Waals surface area (Å²) in [6.07, 6.45) is 1.17. The minimum Gasteiger partial charge on any atom is -0.307 e. The highest BCUT2D eigenvalue weighted by molar-refractivity contribution is 5.60. The molecular formula is C20H25F2N3O. The quantitative estimate of drug-likeness (QED) is 0.880. The normalized spacial score (nSPS) is 17.6. The van der Waals surface area contributed by atoms with Crippen molar-refractivity contribution in [3.63, 3.8) is 0 Å². The molecule has 0 radical (unpaired) electrons. The lowest BCUT2D eigenvalue weighted by Crippen LogP contribution is -2.42. The van der Waals surface area contributed by atoms with Crippen LogP contribution in [0.5, 0.6) is 0 Å². The van der Waals surface area contributed by atoms with E-state index in [4.69, 9.17) is 0 Å². The number of nitrogens with one attached hydrogen (secondary N) is 1. The summed E-state index contributed by atoms with van der Waals surface area (Å²) in [5.74, 6) is -1.73. The highest BCUT2D eigenvalue weighted by atomic mass is 19.3. The van der Waals surface area contributed by atoms with Gasteiger partial charge in [0, 0.05) is 30.3 Å². The molecule has 1 fully saturated rings. The molecule has 3 rings (SSSR count). The summed E-state index contributed by atoms with van der Waals surface area (Å²) in [5.41, 5.74) is 2.25. The van der Waals surface area contributed by atoms with Gasteiger partial charge >= 0.3 is 0 Å². The molecule has 0 amide bonds. The number of nitrogens with zero attached hydrogens (tertiary/aromatic N) is 2. The van der Waals surface area contributed by atoms with Crippen molar-refractivity contribution in [1.29, 1.82) is 0 Å². The molecule has 1 saturated heterocycles. The van der Waals surface area contributed by atoms with Crippen LogP contribution >= 0.6 is 0 Å². The minimum atomic E-state index is -2.63. The maximum Gasteiger partial charge on any atom is 0.260 e. The van der Waals surface area contributed by atoms with Crippen LogP contribution in [0.15, 0.2) is 35.1 Å². The summed E-state index contributed by atoms with van der Waals surface area (Å²) >= 11 is 0. The van der Waals surface area contributed by atoms with Gasteiger partial charge < -0.3 is 4.98 Å². The fourth-order valence-electron chi connectivity index (χ4n) is 3.47. The molecular weight excluding hydrogens is 336 g/mol. The third-order valence-corrected chi connectivity index (χ3v) is 4.55. The molecule has 4 nitrogen and oxygen atoms in total. The van der Waals surface area contributed by atoms with Crippen molar-refractivity contribution >= 4 is 0 Å². The van der Waals surface area contributed by atoms with Crippen LogP contribution in [0, 0.1) is 5.92 Å². The van der Waals surface area contributed by atoms with E-state index in [1.165, 1.54) is 6.07 Å². The van der Waals surface area contributed by atoms with Crippen LogP contribution in [0.4, 0.5) is 8.78 Å². The number of H-pyrrole nitrogens is 1. The van der Waals surface area contributed by atoms with Gasteiger partial charge in [-0.1, -0.05) is 38.1 Å². The van der Waals surface area contributed by atoms with Gasteiger partial charge in [-0.25, -0.2) is 13.8 Å². The van der Waals surface area contributed by atoms with Crippen LogP contribution in [0.25, 0.3) is 11.4 Å². The van der Waals surface area contributed by atoms with Gasteiger partial charge in [0.1, 0.15) is 5.82 Å². The van der Waals surface area contributed by atoms with E-state index in [0.29, 0.717) is 31.3 Å². The second-order valence-corrected chi connectivity index (χ2v) is 7.51. The van der Waals surface area contributed by atoms with E-state index in [1.54, 1.807) is 4.90 Å². The second-order valence-electron chi connectivity index (χ2n) is 7.51. The molecule has 1 aliphatic heterocycles. The van der Waals surface area contributed by atoms with Crippen molar-refractivity contribution < 1.29 is 8.78 Å². The lowest BCUT2D eigenvalue weighted by molar-refractivity contribution is -0.0660. The molecule has 0 saturated carbocycles. The molecule has 1 aliphatic rings. The SMILES string of the molecule is CC(C)Cc1cc(=O)[nH]c(-c2ccccc2CN2CCCC(F)(F)C2)n1. The summed E-state index contributed by atoms with van der Waals surface area (Å²) in [5, 5.41) is 0. The Hall–Kier alpha value is -2.08. The standard InChI is InChI=1S/C20H25F2N3O/c1-14(2)10-16-11-18(26)24-19(23-16)17-7-4-3-6-15(17)12-25-9-5-8-20(21,22)13-25/h3-4,6-7,11,14H,5,8-10,12-13H2,1-2H3,(H,23,24,26). The van der Waals surface area contributed by atoms with Crippen molar-refractivity contribution in [2.75, 3.05) is 13.1 Å². The van der Waals surface area contributed by atoms with E-state index in [0.717, 1.165) is 23.2 Å². The lowest BCUT2D eigenvalue weighted by Gasteiger charge is -2.32. The van der Waals surface area contributed by atoms with Crippen LogP contribution < -0.4 is 5.56 Å². The Balaban J connectivity index is 1.90. The number of aromatic nitrogens is 2. The number of likely N-dealkylation sites (tertiary alicyclic amines) is 1. The second kappa shape index (κ2) is 7.66. The van der Waals surface area contributed by atoms with Crippen molar-refractivity contribution in [2.24, 2.45) is 5.92 Å². The molecule has 1 aromatic heterocycles. The van der Waals surface area contributed by atoms with E-state index in [-0.39, 0.29) is 18.5 Å². The van der Waals surface area contributed by atoms with Gasteiger partial charge in [-0.2, -0.15) is 0 Å². The van der Waals surface area contributed by atoms with Crippen LogP contribution in [0.2, 0.25) is 0 Å². The fraction of sp³-hybridized carbons (Fsp3) is 0.500. The molecule has 2 heterocycles. The van der Waals surface area contributed by atoms with Crippen molar-refractivity contribution in [3.05, 3.63) is 51.9 Å². The predicted octanol–water partition coefficient (Wildman–Crippen LogP) is 3.87. The van der Waals surface area contributed by atoms with E-state index in [9.17, 15) is 13.6 Å². The molecule has 0 unspecified atom stereocenters. The Kier molecular flexibility index (Phi) is 5.51. The monoisotopic (exact) mass is 361 g/mol. The number of alkyl halides is 2. The number of rotatable bonds is 5. The summed E-state index contributed by atoms with van der Waals surface area (Å²) in [7, 11) is 0. The summed E-state index contributed by atoms with van der Waals surface area (Å²) in [6.45, 7) is 5.00. The van der Waals surface area contributed by atoms with Crippen molar-refractivity contribution in [3.8, 4) is 11.4 Å². The zero-order valence-electron chi connectivity index (χ0n) is 15.3. The highest BCUT2D eigenvalue weighted by Crippen LogP contribution is 2.29. The number of benzene rings is 1. The van der Waals surface area contributed by atoms with Gasteiger partial charge in [-0.05, 0) is 30.9 Å². The minimum absolute atomic E-state index is 0.0444. The van der Waals surface area contributed by atoms with Crippen LogP contribution in [-0.4, -0.2) is 33.9 Å². The predicted molar refractivity (Wildman–Crippen MR) is 98.3 cm³/mol. The van der Waals surface area contributed by atoms with E-state index < -0.39 is 5.92 Å². The Bertz CT molecular complexity index is 817. The molecule has 26 heavy (non-hydrogen) atoms. The van der Waals surface area contributed by atoms with E-state index >= 15 is 0 Å². The molecule has 2 aromatic rings. The molecule has 0 atom stereocenters. The molecule has 0 aliphatic carbocycles. The van der Waals surface area contributed by atoms with Crippen LogP contribution in [-0.2, 0) is 13.0 Å². The third-order valence-electron chi connectivity index (χ3n) is 4.55. The maximum absolute atomic E-state index is 13.7. The fourth-order valence-corrected chi connectivity index (χ4v) is 3.47. The van der Waals surface area contributed by atoms with Crippen LogP contribution in [0.3, 0.4) is 0 Å². The third kappa shape index (κ3) is 4.75. The number of hydrogen-bond acceptors (Lipinski definition) is 3. The van der Waals surface area contributed by atoms with Crippen LogP contribution in [0.1, 0.15) is 37.9 Å². The van der Waals surface area contributed by atoms with Gasteiger partial charge in [0.05, 0.1) is 6.54 Å². The Labute approximate surface area is 152 Å². The first-order chi connectivity index (χ1) is 12.3. The molecule has 1 aromatic carbocycles. The van der Waals surface area contributed by atoms with Gasteiger partial charge in [0.15, 0.2) is 0 Å². The van der Waals surface area contributed by atoms with Crippen molar-refractivity contribution in [1.82, 2.24) is 14.9 Å². The van der Waals surface area contributed by atoms with Gasteiger partial charge in [0.2, 0.25) is 0 Å². The Morgan fingerprint density at radius 1 is 1.31 bits per heavy atom. The Morgan fingerprint density at radius 2 is 2.08 bits per heavy atom. The van der Waals surface area contributed by atoms with E-state index in [1.807, 2.05) is 24.3 Å². The largest absolute Gasteiger partial charge is 0.307 e. The zero-order chi connectivity index (χ0) is 18.7. The molecule has 6 heteroatoms. The average molecular weight is 361 g/mol. The van der Waals surface area contributed by atoms with Gasteiger partial charge in [0.25, 0.3) is 11.5 Å². The number of piperidine rings is 1. The first kappa shape index (κ1) is 18.7. The lowest BCUT2D eigenvalue weighted by atomic mass is 10.0. The highest BCUT2D eigenvalue weighted by Gasteiger charge is 2.35. The van der Waals surface area contributed by atoms with Gasteiger partial charge in [-0.15, -0.1) is 0 Å². The molecule has 0 spiro atoms. The summed E-state index contributed by atoms with van der Waals surface area (Å²) in [6, 6.07) is 9.08. The van der Waals surface area contributed by atoms with Gasteiger partial charge in [-0.3, -0.25) is 9.69 Å². The summed E-state index contributed by atoms with van der Waals surface area (Å²) in [4.78, 5) is 21.2. The topological polar surface area (TPSA) is 49.0 Å². The van der Waals surface area contributed by atoms with E-state index in [2.05, 4.69) is 23.8 Å².